The maximum absolute atomic E-state index is 14.0. The molecule has 8 heteroatoms. The summed E-state index contributed by atoms with van der Waals surface area (Å²) in [5.41, 5.74) is 7.42. The van der Waals surface area contributed by atoms with Crippen LogP contribution >= 0.6 is 23.2 Å². The second kappa shape index (κ2) is 7.36. The zero-order valence-electron chi connectivity index (χ0n) is 18.9. The van der Waals surface area contributed by atoms with E-state index in [0.29, 0.717) is 44.7 Å². The van der Waals surface area contributed by atoms with Crippen molar-refractivity contribution < 1.29 is 9.59 Å². The van der Waals surface area contributed by atoms with Crippen LogP contribution < -0.4 is 15.5 Å². The third-order valence-corrected chi connectivity index (χ3v) is 7.32. The quantitative estimate of drug-likeness (QED) is 0.600. The second-order valence-electron chi connectivity index (χ2n) is 9.73. The van der Waals surface area contributed by atoms with Crippen molar-refractivity contribution in [1.82, 2.24) is 0 Å². The third kappa shape index (κ3) is 2.87. The minimum Gasteiger partial charge on any atom is -0.384 e. The number of Topliss-reactive ketones (excluding diaryl/α,β-unsaturated/α-hetero) is 1. The van der Waals surface area contributed by atoms with Crippen molar-refractivity contribution >= 4 is 46.3 Å². The first-order valence-electron chi connectivity index (χ1n) is 10.8. The van der Waals surface area contributed by atoms with E-state index in [0.717, 1.165) is 0 Å². The van der Waals surface area contributed by atoms with E-state index in [9.17, 15) is 14.9 Å². The van der Waals surface area contributed by atoms with Crippen molar-refractivity contribution in [2.75, 3.05) is 16.8 Å². The van der Waals surface area contributed by atoms with Crippen LogP contribution in [0.1, 0.15) is 32.3 Å². The van der Waals surface area contributed by atoms with Crippen LogP contribution in [-0.2, 0) is 15.0 Å². The molecule has 2 aromatic rings. The van der Waals surface area contributed by atoms with E-state index >= 15 is 0 Å². The maximum Gasteiger partial charge on any atom is 0.247 e. The van der Waals surface area contributed by atoms with Crippen molar-refractivity contribution in [3.8, 4) is 6.07 Å². The molecule has 1 atom stereocenters. The summed E-state index contributed by atoms with van der Waals surface area (Å²) in [5.74, 6) is -0.454. The molecule has 3 aliphatic rings. The maximum atomic E-state index is 14.0. The summed E-state index contributed by atoms with van der Waals surface area (Å²) in [5, 5.41) is 11.2. The Bertz CT molecular complexity index is 1380. The molecule has 0 saturated carbocycles. The van der Waals surface area contributed by atoms with E-state index in [2.05, 4.69) is 6.07 Å². The lowest BCUT2D eigenvalue weighted by atomic mass is 9.60. The molecule has 172 valence electrons. The number of ketones is 1. The molecule has 0 saturated heterocycles. The van der Waals surface area contributed by atoms with Gasteiger partial charge in [0.05, 0.1) is 11.3 Å². The van der Waals surface area contributed by atoms with E-state index in [1.807, 2.05) is 26.0 Å². The summed E-state index contributed by atoms with van der Waals surface area (Å²) < 4.78 is 0. The molecule has 2 aliphatic heterocycles. The van der Waals surface area contributed by atoms with E-state index < -0.39 is 5.41 Å². The smallest absolute Gasteiger partial charge is 0.247 e. The lowest BCUT2D eigenvalue weighted by Crippen LogP contribution is -2.53. The van der Waals surface area contributed by atoms with Crippen LogP contribution in [0.15, 0.2) is 65.1 Å². The molecule has 2 heterocycles. The molecule has 5 rings (SSSR count). The van der Waals surface area contributed by atoms with Gasteiger partial charge >= 0.3 is 0 Å². The first kappa shape index (κ1) is 22.5. The highest BCUT2D eigenvalue weighted by Crippen LogP contribution is 2.58. The summed E-state index contributed by atoms with van der Waals surface area (Å²) in [6.07, 6.45) is 0.716. The molecule has 2 N–H and O–H groups in total. The number of nitrogens with zero attached hydrogens (tertiary/aromatic N) is 3. The number of carbonyl (C=O) groups is 2. The zero-order valence-corrected chi connectivity index (χ0v) is 20.5. The highest BCUT2D eigenvalue weighted by atomic mass is 35.5. The van der Waals surface area contributed by atoms with Gasteiger partial charge in [-0.05, 0) is 36.1 Å². The number of para-hydroxylation sites is 1. The molecule has 0 bridgehead atoms. The van der Waals surface area contributed by atoms with Crippen molar-refractivity contribution in [3.05, 3.63) is 80.7 Å². The van der Waals surface area contributed by atoms with Gasteiger partial charge in [-0.3, -0.25) is 14.5 Å². The third-order valence-electron chi connectivity index (χ3n) is 6.88. The topological polar surface area (TPSA) is 90.4 Å². The second-order valence-corrected chi connectivity index (χ2v) is 10.6. The highest BCUT2D eigenvalue weighted by molar-refractivity contribution is 6.35. The van der Waals surface area contributed by atoms with Gasteiger partial charge < -0.3 is 10.6 Å². The van der Waals surface area contributed by atoms with Gasteiger partial charge in [-0.2, -0.15) is 5.26 Å². The van der Waals surface area contributed by atoms with Gasteiger partial charge in [0, 0.05) is 46.0 Å². The number of hydrogen-bond acceptors (Lipinski definition) is 5. The van der Waals surface area contributed by atoms with Gasteiger partial charge in [-0.25, -0.2) is 0 Å². The Hall–Kier alpha value is -3.27. The Balaban J connectivity index is 1.93. The molecule has 1 amide bonds. The van der Waals surface area contributed by atoms with Crippen LogP contribution in [-0.4, -0.2) is 18.7 Å². The van der Waals surface area contributed by atoms with Crippen LogP contribution in [0.3, 0.4) is 0 Å². The monoisotopic (exact) mass is 492 g/mol. The van der Waals surface area contributed by atoms with Crippen LogP contribution in [0.5, 0.6) is 0 Å². The van der Waals surface area contributed by atoms with E-state index in [-0.39, 0.29) is 34.9 Å². The van der Waals surface area contributed by atoms with Crippen LogP contribution in [0.2, 0.25) is 10.0 Å². The fourth-order valence-electron chi connectivity index (χ4n) is 5.63. The predicted octanol–water partition coefficient (Wildman–Crippen LogP) is 5.06. The summed E-state index contributed by atoms with van der Waals surface area (Å²) in [6.45, 7) is 4.00. The number of allylic oxidation sites excluding steroid dienone is 1. The summed E-state index contributed by atoms with van der Waals surface area (Å²) in [6, 6.07) is 14.4. The molecule has 2 aromatic carbocycles. The Kier molecular flexibility index (Phi) is 4.88. The summed E-state index contributed by atoms with van der Waals surface area (Å²) >= 11 is 12.6. The Morgan fingerprint density at radius 2 is 1.71 bits per heavy atom. The molecule has 0 unspecified atom stereocenters. The average Bonchev–Trinajstić information content (AvgIpc) is 2.95. The van der Waals surface area contributed by atoms with Crippen molar-refractivity contribution in [3.63, 3.8) is 0 Å². The van der Waals surface area contributed by atoms with E-state index in [4.69, 9.17) is 28.9 Å². The number of fused-ring (bicyclic) bond motifs is 3. The van der Waals surface area contributed by atoms with Gasteiger partial charge in [-0.15, -0.1) is 0 Å². The molecule has 0 aromatic heterocycles. The van der Waals surface area contributed by atoms with Crippen molar-refractivity contribution in [2.24, 2.45) is 11.1 Å². The van der Waals surface area contributed by atoms with Gasteiger partial charge in [-0.1, -0.05) is 55.2 Å². The largest absolute Gasteiger partial charge is 0.384 e. The van der Waals surface area contributed by atoms with Gasteiger partial charge in [0.2, 0.25) is 5.91 Å². The fraction of sp³-hybridized carbons (Fsp3) is 0.269. The van der Waals surface area contributed by atoms with Gasteiger partial charge in [0.25, 0.3) is 0 Å². The van der Waals surface area contributed by atoms with Crippen LogP contribution in [0, 0.1) is 16.7 Å². The number of rotatable bonds is 1. The molecule has 0 radical (unpaired) electrons. The number of halogens is 2. The highest BCUT2D eigenvalue weighted by Gasteiger charge is 2.62. The normalized spacial score (nSPS) is 23.4. The lowest BCUT2D eigenvalue weighted by molar-refractivity contribution is -0.124. The Morgan fingerprint density at radius 3 is 2.35 bits per heavy atom. The molecule has 6 nitrogen and oxygen atoms in total. The number of benzene rings is 2. The first-order chi connectivity index (χ1) is 16.0. The number of amides is 1. The summed E-state index contributed by atoms with van der Waals surface area (Å²) in [4.78, 5) is 31.0. The fourth-order valence-corrected chi connectivity index (χ4v) is 6.14. The van der Waals surface area contributed by atoms with Crippen LogP contribution in [0.4, 0.5) is 11.4 Å². The number of carbonyl (C=O) groups excluding carboxylic acids is 2. The Morgan fingerprint density at radius 1 is 1.06 bits per heavy atom. The summed E-state index contributed by atoms with van der Waals surface area (Å²) in [7, 11) is 1.65. The van der Waals surface area contributed by atoms with E-state index in [1.54, 1.807) is 42.3 Å². The van der Waals surface area contributed by atoms with Crippen LogP contribution in [0.25, 0.3) is 0 Å². The van der Waals surface area contributed by atoms with Gasteiger partial charge in [0.1, 0.15) is 17.3 Å². The number of nitriles is 1. The molecule has 1 aliphatic carbocycles. The minimum absolute atomic E-state index is 0.0252. The molecular formula is C26H22Cl2N4O2. The first-order valence-corrected chi connectivity index (χ1v) is 11.6. The molecular weight excluding hydrogens is 471 g/mol. The van der Waals surface area contributed by atoms with Crippen molar-refractivity contribution in [2.45, 2.75) is 32.1 Å². The predicted molar refractivity (Wildman–Crippen MR) is 132 cm³/mol. The number of nitrogens with two attached hydrogens (primary N) is 1. The number of hydrogen-bond donors (Lipinski definition) is 1. The lowest BCUT2D eigenvalue weighted by Gasteiger charge is -2.47. The number of anilines is 2. The molecule has 34 heavy (non-hydrogen) atoms. The molecule has 1 spiro atoms. The SMILES string of the molecule is CN1C(=O)[C@@]2(C(C#N)=C(N)N(c3cc(Cl)cc(Cl)c3)C3=C2C(=O)CC(C)(C)C3)c2ccccc21. The zero-order chi connectivity index (χ0) is 24.6. The standard InChI is InChI=1S/C26H22Cl2N4O2/c1-25(2)11-20-22(21(33)12-25)26(17-6-4-5-7-19(17)31(3)24(26)34)18(13-29)23(30)32(20)16-9-14(27)8-15(28)10-16/h4-10H,11-12,30H2,1-3H3/t26-/m1/s1. The minimum atomic E-state index is -1.59. The molecule has 0 fully saturated rings. The average molecular weight is 493 g/mol. The van der Waals surface area contributed by atoms with Gasteiger partial charge in [0.15, 0.2) is 5.78 Å². The number of likely N-dealkylation sites (N-methyl/N-ethyl adjacent to an activating group) is 1. The van der Waals surface area contributed by atoms with E-state index in [1.165, 1.54) is 4.90 Å². The van der Waals surface area contributed by atoms with Crippen molar-refractivity contribution in [1.29, 1.82) is 5.26 Å². The Labute approximate surface area is 207 Å².